The summed E-state index contributed by atoms with van der Waals surface area (Å²) in [4.78, 5) is 3.63. The Morgan fingerprint density at radius 3 is 2.62 bits per heavy atom. The molecule has 0 radical (unpaired) electrons. The molecule has 1 saturated heterocycles. The maximum atomic E-state index is 12.7. The number of hydrogen-bond donors (Lipinski definition) is 2. The zero-order valence-corrected chi connectivity index (χ0v) is 15.2. The maximum Gasteiger partial charge on any atom is 0.469 e. The Kier molecular flexibility index (Phi) is 6.25. The van der Waals surface area contributed by atoms with Crippen molar-refractivity contribution in [3.8, 4) is 11.8 Å². The van der Waals surface area contributed by atoms with Crippen LogP contribution in [0.2, 0.25) is 0 Å². The van der Waals surface area contributed by atoms with Crippen molar-refractivity contribution >= 4 is 27.0 Å². The predicted molar refractivity (Wildman–Crippen MR) is 88.7 cm³/mol. The Morgan fingerprint density at radius 1 is 1.38 bits per heavy atom. The molecule has 1 aliphatic heterocycles. The zero-order chi connectivity index (χ0) is 19.5. The highest BCUT2D eigenvalue weighted by Gasteiger charge is 2.39. The third-order valence-corrected chi connectivity index (χ3v) is 6.54. The van der Waals surface area contributed by atoms with Crippen molar-refractivity contribution in [2.45, 2.75) is 24.2 Å². The molecule has 0 saturated carbocycles. The topological polar surface area (TPSA) is 109 Å². The van der Waals surface area contributed by atoms with Crippen LogP contribution >= 0.6 is 0 Å². The fourth-order valence-corrected chi connectivity index (χ4v) is 4.59. The Morgan fingerprint density at radius 2 is 2.08 bits per heavy atom. The van der Waals surface area contributed by atoms with Gasteiger partial charge in [0, 0.05) is 25.8 Å². The van der Waals surface area contributed by atoms with Crippen LogP contribution in [0.3, 0.4) is 0 Å². The molecule has 0 aliphatic carbocycles. The molecule has 0 amide bonds. The van der Waals surface area contributed by atoms with E-state index in [1.807, 2.05) is 0 Å². The van der Waals surface area contributed by atoms with Gasteiger partial charge in [-0.1, -0.05) is 5.92 Å². The molecule has 1 unspecified atom stereocenters. The summed E-state index contributed by atoms with van der Waals surface area (Å²) in [7, 11) is -3.94. The second kappa shape index (κ2) is 7.89. The fourth-order valence-electron chi connectivity index (χ4n) is 2.29. The van der Waals surface area contributed by atoms with Gasteiger partial charge in [-0.3, -0.25) is 0 Å². The Hall–Kier alpha value is -1.72. The summed E-state index contributed by atoms with van der Waals surface area (Å²) < 4.78 is 77.5. The van der Waals surface area contributed by atoms with Gasteiger partial charge in [-0.15, -0.1) is 10.6 Å². The second-order valence-electron chi connectivity index (χ2n) is 5.18. The molecule has 26 heavy (non-hydrogen) atoms. The van der Waals surface area contributed by atoms with Crippen molar-refractivity contribution in [3.05, 3.63) is 18.3 Å². The molecule has 3 N–H and O–H groups in total. The normalized spacial score (nSPS) is 21.0. The van der Waals surface area contributed by atoms with E-state index in [0.29, 0.717) is 0 Å². The van der Waals surface area contributed by atoms with Crippen molar-refractivity contribution < 1.29 is 25.8 Å². The van der Waals surface area contributed by atoms with Gasteiger partial charge in [-0.25, -0.2) is 17.6 Å². The van der Waals surface area contributed by atoms with Gasteiger partial charge in [-0.05, 0) is 19.1 Å². The lowest BCUT2D eigenvalue weighted by Gasteiger charge is -2.37. The molecular formula is C13H16F3N5O3S2. The van der Waals surface area contributed by atoms with Gasteiger partial charge in [0.15, 0.2) is 11.2 Å². The quantitative estimate of drug-likeness (QED) is 0.538. The molecule has 13 heteroatoms. The molecule has 2 rings (SSSR count). The molecule has 144 valence electrons. The van der Waals surface area contributed by atoms with Crippen LogP contribution in [0.1, 0.15) is 6.92 Å². The summed E-state index contributed by atoms with van der Waals surface area (Å²) in [6.07, 6.45) is -3.74. The summed E-state index contributed by atoms with van der Waals surface area (Å²) in [5, 5.41) is 0. The number of aromatic nitrogens is 1. The lowest BCUT2D eigenvalue weighted by molar-refractivity contribution is -0.138. The highest BCUT2D eigenvalue weighted by atomic mass is 32.2. The fraction of sp³-hybridized carbons (Fsp3) is 0.462. The lowest BCUT2D eigenvalue weighted by atomic mass is 10.2. The minimum Gasteiger partial charge on any atom is -0.384 e. The largest absolute Gasteiger partial charge is 0.469 e. The van der Waals surface area contributed by atoms with Gasteiger partial charge in [0.2, 0.25) is 10.0 Å². The molecule has 1 aromatic heterocycles. The van der Waals surface area contributed by atoms with E-state index in [9.17, 15) is 25.8 Å². The van der Waals surface area contributed by atoms with E-state index < -0.39 is 33.5 Å². The summed E-state index contributed by atoms with van der Waals surface area (Å²) >= 11 is -2.59. The van der Waals surface area contributed by atoms with Gasteiger partial charge in [0.05, 0.1) is 6.04 Å². The second-order valence-corrected chi connectivity index (χ2v) is 8.29. The van der Waals surface area contributed by atoms with Crippen LogP contribution in [0.5, 0.6) is 0 Å². The predicted octanol–water partition coefficient (Wildman–Crippen LogP) is 0.0501. The minimum atomic E-state index is -4.84. The van der Waals surface area contributed by atoms with E-state index in [1.54, 1.807) is 0 Å². The van der Waals surface area contributed by atoms with E-state index in [4.69, 9.17) is 5.73 Å². The maximum absolute atomic E-state index is 12.7. The van der Waals surface area contributed by atoms with Crippen molar-refractivity contribution in [2.24, 2.45) is 0 Å². The van der Waals surface area contributed by atoms with Gasteiger partial charge < -0.3 is 5.73 Å². The molecule has 0 spiro atoms. The van der Waals surface area contributed by atoms with Gasteiger partial charge in [0.1, 0.15) is 10.7 Å². The number of halogens is 3. The summed E-state index contributed by atoms with van der Waals surface area (Å²) in [5.41, 5.74) is 5.43. The SMILES string of the molecule is CC#C[C@H]1CN(S(=O)(=O)c2ccc(N)nc2)CCN1S(=O)NC(F)(F)F. The highest BCUT2D eigenvalue weighted by molar-refractivity contribution is 7.89. The Bertz CT molecular complexity index is 833. The number of nitrogens with zero attached hydrogens (tertiary/aromatic N) is 3. The molecule has 1 aromatic rings. The minimum absolute atomic E-state index is 0.0992. The smallest absolute Gasteiger partial charge is 0.384 e. The average molecular weight is 411 g/mol. The lowest BCUT2D eigenvalue weighted by Crippen LogP contribution is -2.57. The first-order valence-corrected chi connectivity index (χ1v) is 9.76. The average Bonchev–Trinajstić information content (AvgIpc) is 2.54. The molecule has 1 aliphatic rings. The Labute approximate surface area is 151 Å². The van der Waals surface area contributed by atoms with E-state index in [2.05, 4.69) is 16.8 Å². The van der Waals surface area contributed by atoms with Crippen molar-refractivity contribution in [1.82, 2.24) is 18.3 Å². The summed E-state index contributed by atoms with van der Waals surface area (Å²) in [5.74, 6) is 5.27. The molecule has 0 bridgehead atoms. The van der Waals surface area contributed by atoms with E-state index in [0.717, 1.165) is 19.5 Å². The molecule has 8 nitrogen and oxygen atoms in total. The van der Waals surface area contributed by atoms with Crippen LogP contribution in [-0.2, 0) is 21.2 Å². The highest BCUT2D eigenvalue weighted by Crippen LogP contribution is 2.21. The summed E-state index contributed by atoms with van der Waals surface area (Å²) in [6, 6.07) is 1.64. The van der Waals surface area contributed by atoms with Crippen molar-refractivity contribution in [2.75, 3.05) is 25.4 Å². The number of anilines is 1. The number of hydrogen-bond acceptors (Lipinski definition) is 5. The molecule has 2 heterocycles. The van der Waals surface area contributed by atoms with Crippen LogP contribution in [0, 0.1) is 11.8 Å². The van der Waals surface area contributed by atoms with Crippen molar-refractivity contribution in [1.29, 1.82) is 0 Å². The zero-order valence-electron chi connectivity index (χ0n) is 13.5. The third-order valence-electron chi connectivity index (χ3n) is 3.42. The third kappa shape index (κ3) is 4.92. The standard InChI is InChI=1S/C13H16F3N5O3S2/c1-2-3-10-9-20(6-7-21(10)25(22)19-13(14,15)16)26(23,24)11-4-5-12(17)18-8-11/h4-5,8,10,19H,6-7,9H2,1H3,(H2,17,18)/t10-,25?/m0/s1. The molecule has 0 aromatic carbocycles. The molecule has 2 atom stereocenters. The van der Waals surface area contributed by atoms with Gasteiger partial charge >= 0.3 is 6.30 Å². The number of piperazine rings is 1. The number of nitrogens with one attached hydrogen (secondary N) is 1. The summed E-state index contributed by atoms with van der Waals surface area (Å²) in [6.45, 7) is 0.866. The van der Waals surface area contributed by atoms with E-state index >= 15 is 0 Å². The number of nitrogens with two attached hydrogens (primary N) is 1. The van der Waals surface area contributed by atoms with Gasteiger partial charge in [0.25, 0.3) is 0 Å². The van der Waals surface area contributed by atoms with Crippen LogP contribution in [0.25, 0.3) is 0 Å². The first-order valence-electron chi connectivity index (χ1n) is 7.21. The number of sulfonamides is 1. The van der Waals surface area contributed by atoms with E-state index in [-0.39, 0.29) is 30.3 Å². The van der Waals surface area contributed by atoms with E-state index in [1.165, 1.54) is 19.1 Å². The van der Waals surface area contributed by atoms with Crippen molar-refractivity contribution in [3.63, 3.8) is 0 Å². The number of nitrogen functional groups attached to an aromatic ring is 1. The first kappa shape index (κ1) is 20.6. The Balaban J connectivity index is 2.22. The van der Waals surface area contributed by atoms with Crippen LogP contribution < -0.4 is 10.5 Å². The van der Waals surface area contributed by atoms with Crippen LogP contribution in [0.15, 0.2) is 23.2 Å². The van der Waals surface area contributed by atoms with Crippen LogP contribution in [0.4, 0.5) is 19.0 Å². The van der Waals surface area contributed by atoms with Gasteiger partial charge in [-0.2, -0.15) is 21.8 Å². The first-order chi connectivity index (χ1) is 12.0. The number of rotatable bonds is 4. The van der Waals surface area contributed by atoms with Crippen LogP contribution in [-0.4, -0.2) is 58.2 Å². The molecular weight excluding hydrogens is 395 g/mol. The number of pyridine rings is 1. The number of alkyl halides is 3. The monoisotopic (exact) mass is 411 g/mol. The molecule has 1 fully saturated rings.